The van der Waals surface area contributed by atoms with Crippen molar-refractivity contribution in [1.82, 2.24) is 9.97 Å². The molecule has 0 spiro atoms. The van der Waals surface area contributed by atoms with E-state index in [1.54, 1.807) is 38.5 Å². The first-order chi connectivity index (χ1) is 75.2. The highest BCUT2D eigenvalue weighted by Gasteiger charge is 2.17. The molecule has 21 aromatic carbocycles. The number of aromatic nitrogens is 2. The second kappa shape index (κ2) is 52.7. The fourth-order valence-electron chi connectivity index (χ4n) is 17.1. The van der Waals surface area contributed by atoms with E-state index in [2.05, 4.69) is 427 Å². The molecule has 744 valence electrons. The van der Waals surface area contributed by atoms with Crippen LogP contribution in [0.2, 0.25) is 0 Å². The van der Waals surface area contributed by atoms with Crippen molar-refractivity contribution >= 4 is 99.8 Å². The summed E-state index contributed by atoms with van der Waals surface area (Å²) in [6, 6.07) is 166. The molecule has 0 aliphatic heterocycles. The number of methoxy groups -OCH3 is 2. The fourth-order valence-corrected chi connectivity index (χ4v) is 17.1. The minimum atomic E-state index is -0.386. The van der Waals surface area contributed by atoms with Crippen LogP contribution < -0.4 is 30.7 Å². The van der Waals surface area contributed by atoms with Gasteiger partial charge in [-0.15, -0.1) is 0 Å². The van der Waals surface area contributed by atoms with Gasteiger partial charge in [-0.1, -0.05) is 465 Å². The molecule has 0 amide bonds. The minimum Gasteiger partial charge on any atom is -0.497 e. The van der Waals surface area contributed by atoms with Crippen molar-refractivity contribution in [2.75, 3.05) is 35.5 Å². The van der Waals surface area contributed by atoms with E-state index >= 15 is 0 Å². The molecule has 2 heterocycles. The van der Waals surface area contributed by atoms with Crippen LogP contribution in [0.5, 0.6) is 11.5 Å². The van der Waals surface area contributed by atoms with Crippen LogP contribution in [0, 0.1) is 20.8 Å². The molecule has 9 nitrogen and oxygen atoms in total. The maximum absolute atomic E-state index is 7.75. The van der Waals surface area contributed by atoms with Crippen LogP contribution in [-0.4, -0.2) is 24.2 Å². The van der Waals surface area contributed by atoms with Gasteiger partial charge in [0.25, 0.3) is 0 Å². The Balaban J connectivity index is 0.000000126. The Hall–Kier alpha value is -17.9. The molecule has 23 aromatic rings. The highest BCUT2D eigenvalue weighted by molar-refractivity contribution is 6.05. The normalized spacial score (nSPS) is 11.2. The van der Waals surface area contributed by atoms with Crippen molar-refractivity contribution in [3.8, 4) is 34.0 Å². The van der Waals surface area contributed by atoms with Gasteiger partial charge < -0.3 is 35.2 Å². The average Bonchev–Trinajstić information content (AvgIpc) is 1.64. The van der Waals surface area contributed by atoms with Crippen molar-refractivity contribution in [3.05, 3.63) is 600 Å². The molecular formula is C141H132N6O3. The number of fused-ring (bicyclic) bond motifs is 6. The van der Waals surface area contributed by atoms with Gasteiger partial charge in [-0.05, 0) is 255 Å². The molecule has 0 saturated carbocycles. The van der Waals surface area contributed by atoms with Gasteiger partial charge >= 0.3 is 0 Å². The molecule has 0 unspecified atom stereocenters. The summed E-state index contributed by atoms with van der Waals surface area (Å²) in [5.41, 5.74) is 30.5. The van der Waals surface area contributed by atoms with Gasteiger partial charge in [-0.25, -0.2) is 9.97 Å². The van der Waals surface area contributed by atoms with Crippen LogP contribution in [0.15, 0.2) is 532 Å². The van der Waals surface area contributed by atoms with E-state index in [0.29, 0.717) is 5.69 Å². The van der Waals surface area contributed by atoms with Crippen molar-refractivity contribution in [2.45, 2.75) is 98.8 Å². The summed E-state index contributed by atoms with van der Waals surface area (Å²) in [5.74, 6) is 2.50. The predicted molar refractivity (Wildman–Crippen MR) is 638 cm³/mol. The molecule has 0 aliphatic rings. The molecule has 0 aliphatic carbocycles. The molecule has 4 N–H and O–H groups in total. The van der Waals surface area contributed by atoms with E-state index in [9.17, 15) is 0 Å². The molecular weight excluding hydrogens is 1830 g/mol. The Morgan fingerprint density at radius 1 is 0.247 bits per heavy atom. The van der Waals surface area contributed by atoms with E-state index in [1.807, 2.05) is 140 Å². The molecule has 0 radical (unpaired) electrons. The fraction of sp³-hybridized carbons (Fsp3) is 0.121. The van der Waals surface area contributed by atoms with Crippen LogP contribution in [0.25, 0.3) is 76.8 Å². The first-order valence-corrected chi connectivity index (χ1v) is 51.0. The van der Waals surface area contributed by atoms with Crippen molar-refractivity contribution in [2.24, 2.45) is 0 Å². The van der Waals surface area contributed by atoms with E-state index in [0.717, 1.165) is 93.9 Å². The SMILES string of the molecule is CC(C)(C)c1ccc(Cc2ccc(C(C)(C)C)cc2)cc1.COc1ccc(Cc2ccc(C)cc2)cc1.COc1ccc(Nc2cccc3ccccc23)cc1.Cc1ccc(Cc2ccc(C)cc2)cc1.[2H]c1c([2H])c([2H])c(Nc2ccccc2)c([2H])c1[2H].c1ccc(-c2ccc(Cc3ccc4c(c3)oc3ccccc34)cc2)cc1.c1ccc(-c2ncc(Nc3cccc4ccccc34)cn2)cc1.c1ccc(Nc2ccc3ccccc3c2)cc1. The number of benzene rings is 21. The van der Waals surface area contributed by atoms with E-state index in [1.165, 1.54) is 127 Å². The third kappa shape index (κ3) is 31.6. The number of ether oxygens (including phenoxy) is 2. The predicted octanol–water partition coefficient (Wildman–Crippen LogP) is 37.9. The monoisotopic (exact) mass is 1960 g/mol. The summed E-state index contributed by atoms with van der Waals surface area (Å²) < 4.78 is 54.4. The summed E-state index contributed by atoms with van der Waals surface area (Å²) in [7, 11) is 3.36. The zero-order valence-corrected chi connectivity index (χ0v) is 87.3. The van der Waals surface area contributed by atoms with Gasteiger partial charge in [-0.2, -0.15) is 0 Å². The molecule has 0 atom stereocenters. The largest absolute Gasteiger partial charge is 0.497 e. The number of para-hydroxylation sites is 4. The topological polar surface area (TPSA) is 106 Å². The second-order valence-electron chi connectivity index (χ2n) is 39.1. The third-order valence-electron chi connectivity index (χ3n) is 25.6. The lowest BCUT2D eigenvalue weighted by atomic mass is 9.85. The van der Waals surface area contributed by atoms with Crippen LogP contribution >= 0.6 is 0 Å². The number of hydrogen-bond donors (Lipinski definition) is 4. The third-order valence-corrected chi connectivity index (χ3v) is 25.6. The van der Waals surface area contributed by atoms with E-state index in [-0.39, 0.29) is 46.7 Å². The molecule has 150 heavy (non-hydrogen) atoms. The van der Waals surface area contributed by atoms with Gasteiger partial charge in [0, 0.05) is 66.9 Å². The lowest BCUT2D eigenvalue weighted by Crippen LogP contribution is -2.11. The Labute approximate surface area is 893 Å². The molecule has 0 saturated heterocycles. The summed E-state index contributed by atoms with van der Waals surface area (Å²) in [6.45, 7) is 19.9. The van der Waals surface area contributed by atoms with Crippen LogP contribution in [0.1, 0.15) is 121 Å². The molecule has 2 aromatic heterocycles. The van der Waals surface area contributed by atoms with Crippen LogP contribution in [0.3, 0.4) is 0 Å². The summed E-state index contributed by atoms with van der Waals surface area (Å²) in [4.78, 5) is 8.90. The maximum atomic E-state index is 7.75. The van der Waals surface area contributed by atoms with Crippen molar-refractivity contribution in [1.29, 1.82) is 0 Å². The second-order valence-corrected chi connectivity index (χ2v) is 39.1. The van der Waals surface area contributed by atoms with Gasteiger partial charge in [0.05, 0.1) is 39.2 Å². The van der Waals surface area contributed by atoms with Gasteiger partial charge in [0.15, 0.2) is 5.82 Å². The number of anilines is 8. The Morgan fingerprint density at radius 2 is 0.580 bits per heavy atom. The zero-order chi connectivity index (χ0) is 108. The average molecular weight is 1960 g/mol. The first kappa shape index (κ1) is 98.1. The van der Waals surface area contributed by atoms with E-state index < -0.39 is 0 Å². The highest BCUT2D eigenvalue weighted by atomic mass is 16.5. The summed E-state index contributed by atoms with van der Waals surface area (Å²) in [5, 5.41) is 22.8. The number of nitrogens with zero attached hydrogens (tertiary/aromatic N) is 2. The lowest BCUT2D eigenvalue weighted by Gasteiger charge is -2.20. The lowest BCUT2D eigenvalue weighted by molar-refractivity contribution is 0.414. The Bertz CT molecular complexity index is 8280. The Morgan fingerprint density at radius 3 is 1.04 bits per heavy atom. The number of aryl methyl sites for hydroxylation is 3. The number of nitrogens with one attached hydrogen (secondary N) is 4. The van der Waals surface area contributed by atoms with Crippen molar-refractivity contribution < 1.29 is 20.7 Å². The number of furan rings is 1. The van der Waals surface area contributed by atoms with Crippen LogP contribution in [0.4, 0.5) is 45.5 Å². The highest BCUT2D eigenvalue weighted by Crippen LogP contribution is 2.35. The minimum absolute atomic E-state index is 0.0900. The van der Waals surface area contributed by atoms with Crippen LogP contribution in [-0.2, 0) is 36.5 Å². The van der Waals surface area contributed by atoms with Gasteiger partial charge in [-0.3, -0.25) is 0 Å². The van der Waals surface area contributed by atoms with Gasteiger partial charge in [0.2, 0.25) is 0 Å². The summed E-state index contributed by atoms with van der Waals surface area (Å²) in [6.07, 6.45) is 7.55. The summed E-state index contributed by atoms with van der Waals surface area (Å²) >= 11 is 0. The molecule has 0 fully saturated rings. The number of rotatable bonds is 20. The smallest absolute Gasteiger partial charge is 0.159 e. The van der Waals surface area contributed by atoms with Gasteiger partial charge in [0.1, 0.15) is 22.7 Å². The zero-order valence-electron chi connectivity index (χ0n) is 92.3. The Kier molecular flexibility index (Phi) is 34.5. The quantitative estimate of drug-likeness (QED) is 0.0594. The standard InChI is InChI=1S/C25H18O.C21H28.C20H15N3.C17H15NO.C16H13N.C15H16O.C15H16.C12H11N/c1-2-6-20(7-3-1)21-13-10-18(11-14-21)16-19-12-15-23-22-8-4-5-9-24(22)26-25(23)17-19;1-20(2,3)18-11-7-16(8-12-18)15-17-9-13-19(14-10-17)21(4,5)6;1-2-8-16(9-3-1)20-21-13-17(14-22-20)23-19-12-6-10-15-7-4-5-11-18(15)19;1-19-15-11-9-14(10-12-15)18-17-8-4-6-13-5-2-3-7-16(13)17;1-2-8-15(9-3-1)17-16-11-10-13-6-4-5-7-14(13)12-16;1-12-3-5-13(6-4-12)11-14-7-9-15(16-2)10-8-14;1-12-3-7-14(8-4-12)11-15-9-5-13(2)6-10-15;1-3-7-11(8-4-1)13-12-9-5-2-6-10-12/h1-15,17H,16H2;7-14H,15H2,1-6H3;1-14,23H;2-12,18H,1H3;1-12,17H;3-10H,11H2,1-2H3;3-10H,11H2,1-2H3;1-10,13H/i;;;;;;;1D,3D,4D,7D,8D. The number of hydrogen-bond acceptors (Lipinski definition) is 9. The molecule has 23 rings (SSSR count). The molecule has 0 bridgehead atoms. The van der Waals surface area contributed by atoms with Crippen molar-refractivity contribution in [3.63, 3.8) is 0 Å². The molecule has 9 heteroatoms. The van der Waals surface area contributed by atoms with E-state index in [4.69, 9.17) is 20.7 Å². The maximum Gasteiger partial charge on any atom is 0.159 e. The first-order valence-electron chi connectivity index (χ1n) is 53.5.